The van der Waals surface area contributed by atoms with Crippen LogP contribution in [-0.2, 0) is 9.53 Å². The molecule has 0 fully saturated rings. The molecule has 0 heterocycles. The Labute approximate surface area is 105 Å². The number of ether oxygens (including phenoxy) is 1. The maximum Gasteiger partial charge on any atom is 0.320 e. The van der Waals surface area contributed by atoms with Gasteiger partial charge in [0, 0.05) is 19.5 Å². The van der Waals surface area contributed by atoms with E-state index in [1.54, 1.807) is 0 Å². The molecule has 0 aliphatic carbocycles. The van der Waals surface area contributed by atoms with Crippen LogP contribution in [0.4, 0.5) is 0 Å². The zero-order valence-corrected chi connectivity index (χ0v) is 11.2. The zero-order chi connectivity index (χ0) is 13.1. The second kappa shape index (κ2) is 10.1. The van der Waals surface area contributed by atoms with Crippen LogP contribution in [0.2, 0.25) is 0 Å². The van der Waals surface area contributed by atoms with E-state index in [0.717, 1.165) is 19.4 Å². The van der Waals surface area contributed by atoms with Crippen LogP contribution < -0.4 is 0 Å². The van der Waals surface area contributed by atoms with Gasteiger partial charge in [-0.15, -0.1) is 0 Å². The molecule has 0 radical (unpaired) electrons. The van der Waals surface area contributed by atoms with Crippen LogP contribution in [0.25, 0.3) is 0 Å². The number of nitrogens with zero attached hydrogens (tertiary/aromatic N) is 2. The number of hydrogen-bond acceptors (Lipinski definition) is 4. The lowest BCUT2D eigenvalue weighted by molar-refractivity contribution is -0.145. The average Bonchev–Trinajstić information content (AvgIpc) is 2.25. The van der Waals surface area contributed by atoms with Crippen LogP contribution >= 0.6 is 0 Å². The largest absolute Gasteiger partial charge is 0.465 e. The van der Waals surface area contributed by atoms with Gasteiger partial charge in [0.1, 0.15) is 0 Å². The summed E-state index contributed by atoms with van der Waals surface area (Å²) in [6, 6.07) is 2.10. The second-order valence-electron chi connectivity index (χ2n) is 4.61. The van der Waals surface area contributed by atoms with E-state index in [-0.39, 0.29) is 5.97 Å². The SMILES string of the molecule is CCCCOC(=O)CN(CCC#N)CC(C)C. The Morgan fingerprint density at radius 2 is 2.18 bits per heavy atom. The normalized spacial score (nSPS) is 10.6. The van der Waals surface area contributed by atoms with Crippen LogP contribution in [0.1, 0.15) is 40.0 Å². The van der Waals surface area contributed by atoms with Gasteiger partial charge in [-0.3, -0.25) is 9.69 Å². The molecule has 0 aromatic heterocycles. The van der Waals surface area contributed by atoms with Gasteiger partial charge in [0.15, 0.2) is 0 Å². The number of hydrogen-bond donors (Lipinski definition) is 0. The Balaban J connectivity index is 3.95. The van der Waals surface area contributed by atoms with E-state index < -0.39 is 0 Å². The van der Waals surface area contributed by atoms with Crippen LogP contribution in [0, 0.1) is 17.2 Å². The lowest BCUT2D eigenvalue weighted by Crippen LogP contribution is -2.34. The first-order valence-corrected chi connectivity index (χ1v) is 6.35. The quantitative estimate of drug-likeness (QED) is 0.458. The number of rotatable bonds is 9. The van der Waals surface area contributed by atoms with Crippen molar-refractivity contribution in [1.82, 2.24) is 4.90 Å². The Hall–Kier alpha value is -1.08. The van der Waals surface area contributed by atoms with E-state index in [0.29, 0.717) is 32.0 Å². The molecule has 17 heavy (non-hydrogen) atoms. The summed E-state index contributed by atoms with van der Waals surface area (Å²) in [6.07, 6.45) is 2.39. The van der Waals surface area contributed by atoms with Gasteiger partial charge < -0.3 is 4.74 Å². The molecule has 0 aliphatic heterocycles. The summed E-state index contributed by atoms with van der Waals surface area (Å²) in [7, 11) is 0. The third kappa shape index (κ3) is 9.83. The molecule has 0 N–H and O–H groups in total. The van der Waals surface area contributed by atoms with Gasteiger partial charge in [0.25, 0.3) is 0 Å². The van der Waals surface area contributed by atoms with Crippen LogP contribution in [-0.4, -0.2) is 37.1 Å². The first-order valence-electron chi connectivity index (χ1n) is 6.35. The third-order valence-electron chi connectivity index (χ3n) is 2.28. The fourth-order valence-electron chi connectivity index (χ4n) is 1.52. The minimum absolute atomic E-state index is 0.183. The molecule has 0 aliphatic rings. The van der Waals surface area contributed by atoms with Crippen molar-refractivity contribution in [2.24, 2.45) is 5.92 Å². The van der Waals surface area contributed by atoms with Gasteiger partial charge in [0.2, 0.25) is 0 Å². The van der Waals surface area contributed by atoms with Crippen molar-refractivity contribution in [1.29, 1.82) is 5.26 Å². The fourth-order valence-corrected chi connectivity index (χ4v) is 1.52. The smallest absolute Gasteiger partial charge is 0.320 e. The molecule has 0 aromatic carbocycles. The highest BCUT2D eigenvalue weighted by atomic mass is 16.5. The lowest BCUT2D eigenvalue weighted by atomic mass is 10.2. The molecule has 0 rings (SSSR count). The maximum absolute atomic E-state index is 11.5. The summed E-state index contributed by atoms with van der Waals surface area (Å²) in [5.41, 5.74) is 0. The average molecular weight is 240 g/mol. The van der Waals surface area contributed by atoms with Crippen LogP contribution in [0.15, 0.2) is 0 Å². The van der Waals surface area contributed by atoms with Crippen molar-refractivity contribution >= 4 is 5.97 Å². The van der Waals surface area contributed by atoms with Gasteiger partial charge in [0.05, 0.1) is 19.2 Å². The van der Waals surface area contributed by atoms with Gasteiger partial charge in [-0.1, -0.05) is 27.2 Å². The molecule has 0 atom stereocenters. The van der Waals surface area contributed by atoms with E-state index in [9.17, 15) is 4.79 Å². The maximum atomic E-state index is 11.5. The molecule has 0 saturated heterocycles. The third-order valence-corrected chi connectivity index (χ3v) is 2.28. The Bertz CT molecular complexity index is 246. The Morgan fingerprint density at radius 3 is 2.71 bits per heavy atom. The van der Waals surface area contributed by atoms with E-state index in [4.69, 9.17) is 10.00 Å². The van der Waals surface area contributed by atoms with Crippen molar-refractivity contribution < 1.29 is 9.53 Å². The Morgan fingerprint density at radius 1 is 1.47 bits per heavy atom. The molecular weight excluding hydrogens is 216 g/mol. The summed E-state index contributed by atoms with van der Waals surface area (Å²) >= 11 is 0. The summed E-state index contributed by atoms with van der Waals surface area (Å²) < 4.78 is 5.11. The van der Waals surface area contributed by atoms with E-state index in [1.807, 2.05) is 4.90 Å². The predicted molar refractivity (Wildman–Crippen MR) is 67.4 cm³/mol. The molecule has 0 aromatic rings. The van der Waals surface area contributed by atoms with Crippen LogP contribution in [0.5, 0.6) is 0 Å². The highest BCUT2D eigenvalue weighted by Gasteiger charge is 2.12. The molecule has 4 heteroatoms. The number of carbonyl (C=O) groups excluding carboxylic acids is 1. The summed E-state index contributed by atoms with van der Waals surface area (Å²) in [5.74, 6) is 0.300. The van der Waals surface area contributed by atoms with Crippen molar-refractivity contribution in [2.75, 3.05) is 26.2 Å². The van der Waals surface area contributed by atoms with E-state index >= 15 is 0 Å². The molecule has 0 spiro atoms. The fraction of sp³-hybridized carbons (Fsp3) is 0.846. The minimum atomic E-state index is -0.183. The molecule has 0 amide bonds. The summed E-state index contributed by atoms with van der Waals surface area (Å²) in [5, 5.41) is 8.56. The van der Waals surface area contributed by atoms with E-state index in [2.05, 4.69) is 26.8 Å². The molecule has 0 saturated carbocycles. The minimum Gasteiger partial charge on any atom is -0.465 e. The highest BCUT2D eigenvalue weighted by molar-refractivity contribution is 5.71. The van der Waals surface area contributed by atoms with Gasteiger partial charge in [-0.2, -0.15) is 5.26 Å². The second-order valence-corrected chi connectivity index (χ2v) is 4.61. The predicted octanol–water partition coefficient (Wildman–Crippen LogP) is 2.20. The first-order chi connectivity index (χ1) is 8.10. The zero-order valence-electron chi connectivity index (χ0n) is 11.2. The molecule has 0 bridgehead atoms. The summed E-state index contributed by atoms with van der Waals surface area (Å²) in [6.45, 7) is 8.52. The van der Waals surface area contributed by atoms with Crippen molar-refractivity contribution in [3.8, 4) is 6.07 Å². The van der Waals surface area contributed by atoms with Crippen molar-refractivity contribution in [3.63, 3.8) is 0 Å². The molecule has 98 valence electrons. The summed E-state index contributed by atoms with van der Waals surface area (Å²) in [4.78, 5) is 13.5. The standard InChI is InChI=1S/C13H24N2O2/c1-4-5-9-17-13(16)11-15(8-6-7-14)10-12(2)3/h12H,4-6,8-11H2,1-3H3. The monoisotopic (exact) mass is 240 g/mol. The first kappa shape index (κ1) is 15.9. The molecule has 0 unspecified atom stereocenters. The topological polar surface area (TPSA) is 53.3 Å². The van der Waals surface area contributed by atoms with Gasteiger partial charge in [-0.25, -0.2) is 0 Å². The van der Waals surface area contributed by atoms with E-state index in [1.165, 1.54) is 0 Å². The molecular formula is C13H24N2O2. The highest BCUT2D eigenvalue weighted by Crippen LogP contribution is 2.01. The number of unbranched alkanes of at least 4 members (excludes halogenated alkanes) is 1. The van der Waals surface area contributed by atoms with Crippen molar-refractivity contribution in [2.45, 2.75) is 40.0 Å². The Kier molecular flexibility index (Phi) is 9.46. The lowest BCUT2D eigenvalue weighted by Gasteiger charge is -2.22. The number of nitriles is 1. The number of carbonyl (C=O) groups is 1. The molecule has 4 nitrogen and oxygen atoms in total. The van der Waals surface area contributed by atoms with Crippen molar-refractivity contribution in [3.05, 3.63) is 0 Å². The van der Waals surface area contributed by atoms with Gasteiger partial charge in [-0.05, 0) is 12.3 Å². The van der Waals surface area contributed by atoms with Crippen LogP contribution in [0.3, 0.4) is 0 Å². The van der Waals surface area contributed by atoms with Gasteiger partial charge >= 0.3 is 5.97 Å². The number of esters is 1.